The Morgan fingerprint density at radius 3 is 2.17 bits per heavy atom. The summed E-state index contributed by atoms with van der Waals surface area (Å²) in [5.74, 6) is -1.45. The van der Waals surface area contributed by atoms with Gasteiger partial charge in [-0.25, -0.2) is 8.42 Å². The second-order valence-corrected chi connectivity index (χ2v) is 11.9. The molecule has 0 fully saturated rings. The molecule has 0 aliphatic carbocycles. The van der Waals surface area contributed by atoms with Gasteiger partial charge in [0, 0.05) is 23.7 Å². The molecule has 0 spiro atoms. The minimum atomic E-state index is -3.97. The van der Waals surface area contributed by atoms with Crippen molar-refractivity contribution in [3.63, 3.8) is 0 Å². The number of hydrogen-bond donors (Lipinski definition) is 3. The Balaban J connectivity index is 1.29. The number of nitrogens with one attached hydrogen (secondary N) is 2. The zero-order chi connectivity index (χ0) is 28.4. The van der Waals surface area contributed by atoms with Gasteiger partial charge in [-0.15, -0.1) is 11.3 Å². The number of rotatable bonds is 9. The molecule has 2 heterocycles. The third-order valence-electron chi connectivity index (χ3n) is 6.43. The minimum absolute atomic E-state index is 0.0196. The Kier molecular flexibility index (Phi) is 7.53. The third-order valence-corrected chi connectivity index (χ3v) is 9.12. The van der Waals surface area contributed by atoms with E-state index in [1.165, 1.54) is 23.5 Å². The van der Waals surface area contributed by atoms with Crippen LogP contribution in [0.5, 0.6) is 0 Å². The SMILES string of the molecule is CCC(NS(=O)(=O)c1ccc(-c2ccc(NC(=O)c3cc4c(-c5ccccc5)nn(C)c4s3)cc2)cc1)C(=O)O. The number of fused-ring (bicyclic) bond motifs is 1. The molecule has 3 N–H and O–H groups in total. The number of aromatic nitrogens is 2. The summed E-state index contributed by atoms with van der Waals surface area (Å²) in [6.07, 6.45) is 0.129. The highest BCUT2D eigenvalue weighted by molar-refractivity contribution is 7.89. The van der Waals surface area contributed by atoms with Gasteiger partial charge >= 0.3 is 5.97 Å². The lowest BCUT2D eigenvalue weighted by atomic mass is 10.1. The van der Waals surface area contributed by atoms with Crippen molar-refractivity contribution in [1.29, 1.82) is 0 Å². The Labute approximate surface area is 235 Å². The molecule has 3 aromatic carbocycles. The molecule has 5 aromatic rings. The fraction of sp³-hybridized carbons (Fsp3) is 0.138. The van der Waals surface area contributed by atoms with Crippen molar-refractivity contribution in [2.24, 2.45) is 7.05 Å². The lowest BCUT2D eigenvalue weighted by molar-refractivity contribution is -0.139. The predicted octanol–water partition coefficient (Wildman–Crippen LogP) is 5.36. The summed E-state index contributed by atoms with van der Waals surface area (Å²) >= 11 is 1.38. The number of carbonyl (C=O) groups is 2. The van der Waals surface area contributed by atoms with Gasteiger partial charge in [-0.2, -0.15) is 9.82 Å². The molecule has 0 aliphatic rings. The van der Waals surface area contributed by atoms with Crippen LogP contribution in [0.25, 0.3) is 32.6 Å². The van der Waals surface area contributed by atoms with Gasteiger partial charge < -0.3 is 10.4 Å². The van der Waals surface area contributed by atoms with E-state index >= 15 is 0 Å². The van der Waals surface area contributed by atoms with E-state index < -0.39 is 22.0 Å². The van der Waals surface area contributed by atoms with Gasteiger partial charge in [0.05, 0.1) is 9.77 Å². The van der Waals surface area contributed by atoms with Crippen molar-refractivity contribution in [3.8, 4) is 22.4 Å². The van der Waals surface area contributed by atoms with Crippen LogP contribution in [0.3, 0.4) is 0 Å². The van der Waals surface area contributed by atoms with E-state index in [2.05, 4.69) is 15.1 Å². The lowest BCUT2D eigenvalue weighted by Gasteiger charge is -2.13. The van der Waals surface area contributed by atoms with Crippen LogP contribution in [0, 0.1) is 0 Å². The van der Waals surface area contributed by atoms with E-state index in [-0.39, 0.29) is 17.2 Å². The summed E-state index contributed by atoms with van der Waals surface area (Å²) in [6, 6.07) is 23.9. The first kappa shape index (κ1) is 27.3. The van der Waals surface area contributed by atoms with E-state index in [0.717, 1.165) is 32.6 Å². The maximum absolute atomic E-state index is 13.0. The smallest absolute Gasteiger partial charge is 0.321 e. The topological polar surface area (TPSA) is 130 Å². The zero-order valence-electron chi connectivity index (χ0n) is 21.7. The maximum Gasteiger partial charge on any atom is 0.321 e. The summed E-state index contributed by atoms with van der Waals surface area (Å²) in [4.78, 5) is 25.7. The number of carboxylic acids is 1. The van der Waals surface area contributed by atoms with Gasteiger partial charge in [-0.05, 0) is 47.9 Å². The van der Waals surface area contributed by atoms with Crippen LogP contribution in [0.4, 0.5) is 5.69 Å². The van der Waals surface area contributed by atoms with Gasteiger partial charge in [0.1, 0.15) is 16.6 Å². The van der Waals surface area contributed by atoms with Crippen LogP contribution >= 0.6 is 11.3 Å². The Morgan fingerprint density at radius 2 is 1.57 bits per heavy atom. The van der Waals surface area contributed by atoms with Gasteiger partial charge in [0.2, 0.25) is 10.0 Å². The van der Waals surface area contributed by atoms with E-state index in [9.17, 15) is 18.0 Å². The lowest BCUT2D eigenvalue weighted by Crippen LogP contribution is -2.40. The molecular formula is C29H26N4O5S2. The normalized spacial score (nSPS) is 12.3. The third kappa shape index (κ3) is 5.53. The van der Waals surface area contributed by atoms with Crippen molar-refractivity contribution in [2.75, 3.05) is 5.32 Å². The van der Waals surface area contributed by atoms with E-state index in [4.69, 9.17) is 5.11 Å². The molecular weight excluding hydrogens is 548 g/mol. The molecule has 1 unspecified atom stereocenters. The summed E-state index contributed by atoms with van der Waals surface area (Å²) in [6.45, 7) is 1.60. The van der Waals surface area contributed by atoms with Crippen molar-refractivity contribution in [1.82, 2.24) is 14.5 Å². The first-order valence-corrected chi connectivity index (χ1v) is 14.7. The summed E-state index contributed by atoms with van der Waals surface area (Å²) in [7, 11) is -2.11. The summed E-state index contributed by atoms with van der Waals surface area (Å²) in [5, 5.41) is 17.6. The molecule has 0 saturated heterocycles. The molecule has 0 radical (unpaired) electrons. The van der Waals surface area contributed by atoms with Crippen LogP contribution in [0.2, 0.25) is 0 Å². The molecule has 40 heavy (non-hydrogen) atoms. The highest BCUT2D eigenvalue weighted by Crippen LogP contribution is 2.34. The summed E-state index contributed by atoms with van der Waals surface area (Å²) in [5.41, 5.74) is 4.04. The number of aryl methyl sites for hydroxylation is 1. The number of anilines is 1. The average Bonchev–Trinajstić information content (AvgIpc) is 3.53. The molecule has 5 rings (SSSR count). The first-order chi connectivity index (χ1) is 19.2. The van der Waals surface area contributed by atoms with Gasteiger partial charge in [0.25, 0.3) is 5.91 Å². The van der Waals surface area contributed by atoms with Crippen LogP contribution in [0.15, 0.2) is 89.8 Å². The number of benzene rings is 3. The van der Waals surface area contributed by atoms with Crippen molar-refractivity contribution in [2.45, 2.75) is 24.3 Å². The fourth-order valence-corrected chi connectivity index (χ4v) is 6.53. The van der Waals surface area contributed by atoms with Crippen LogP contribution in [-0.2, 0) is 21.9 Å². The highest BCUT2D eigenvalue weighted by atomic mass is 32.2. The molecule has 0 aliphatic heterocycles. The zero-order valence-corrected chi connectivity index (χ0v) is 23.3. The molecule has 204 valence electrons. The van der Waals surface area contributed by atoms with Gasteiger partial charge in [-0.3, -0.25) is 14.3 Å². The van der Waals surface area contributed by atoms with Gasteiger partial charge in [-0.1, -0.05) is 61.5 Å². The number of carboxylic acid groups (broad SMARTS) is 1. The predicted molar refractivity (Wildman–Crippen MR) is 156 cm³/mol. The summed E-state index contributed by atoms with van der Waals surface area (Å²) < 4.78 is 29.1. The number of thiophene rings is 1. The van der Waals surface area contributed by atoms with Crippen molar-refractivity contribution >= 4 is 49.1 Å². The second-order valence-electron chi connectivity index (χ2n) is 9.14. The first-order valence-electron chi connectivity index (χ1n) is 12.4. The number of nitrogens with zero attached hydrogens (tertiary/aromatic N) is 2. The minimum Gasteiger partial charge on any atom is -0.480 e. The quantitative estimate of drug-likeness (QED) is 0.217. The molecule has 0 bridgehead atoms. The van der Waals surface area contributed by atoms with E-state index in [1.54, 1.807) is 35.9 Å². The largest absolute Gasteiger partial charge is 0.480 e. The molecule has 1 atom stereocenters. The maximum atomic E-state index is 13.0. The van der Waals surface area contributed by atoms with Crippen LogP contribution in [0.1, 0.15) is 23.0 Å². The average molecular weight is 575 g/mol. The number of amides is 1. The van der Waals surface area contributed by atoms with Crippen molar-refractivity contribution < 1.29 is 23.1 Å². The van der Waals surface area contributed by atoms with E-state index in [1.807, 2.05) is 55.6 Å². The number of carbonyl (C=O) groups excluding carboxylic acids is 1. The van der Waals surface area contributed by atoms with Crippen LogP contribution in [-0.4, -0.2) is 41.2 Å². The molecule has 0 saturated carbocycles. The highest BCUT2D eigenvalue weighted by Gasteiger charge is 2.24. The molecule has 2 aromatic heterocycles. The van der Waals surface area contributed by atoms with Crippen LogP contribution < -0.4 is 10.0 Å². The number of sulfonamides is 1. The Bertz CT molecular complexity index is 1790. The monoisotopic (exact) mass is 574 g/mol. The van der Waals surface area contributed by atoms with Crippen molar-refractivity contribution in [3.05, 3.63) is 89.8 Å². The second kappa shape index (κ2) is 11.0. The van der Waals surface area contributed by atoms with Gasteiger partial charge in [0.15, 0.2) is 0 Å². The fourth-order valence-electron chi connectivity index (χ4n) is 4.29. The molecule has 9 nitrogen and oxygen atoms in total. The number of aliphatic carboxylic acids is 1. The standard InChI is InChI=1S/C29H26N4O5S2/c1-3-24(29(35)36)32-40(37,38)22-15-11-19(12-16-22)18-9-13-21(14-10-18)30-27(34)25-17-23-26(20-7-5-4-6-8-20)31-33(2)28(23)39-25/h4-17,24,32H,3H2,1-2H3,(H,30,34)(H,35,36). The number of hydrogen-bond acceptors (Lipinski definition) is 6. The molecule has 1 amide bonds. The van der Waals surface area contributed by atoms with E-state index in [0.29, 0.717) is 10.6 Å². The Morgan fingerprint density at radius 1 is 0.950 bits per heavy atom. The molecule has 11 heteroatoms. The Hall–Kier alpha value is -4.32.